The van der Waals surface area contributed by atoms with E-state index in [2.05, 4.69) is 28.8 Å². The molecule has 2 N–H and O–H groups in total. The smallest absolute Gasteiger partial charge is 0.233 e. The van der Waals surface area contributed by atoms with Crippen LogP contribution in [0.1, 0.15) is 18.5 Å². The maximum Gasteiger partial charge on any atom is 0.233 e. The summed E-state index contributed by atoms with van der Waals surface area (Å²) in [5.74, 6) is 0.846. The van der Waals surface area contributed by atoms with Gasteiger partial charge in [-0.05, 0) is 41.5 Å². The van der Waals surface area contributed by atoms with Gasteiger partial charge in [-0.25, -0.2) is 0 Å². The van der Waals surface area contributed by atoms with E-state index in [-0.39, 0.29) is 11.9 Å². The zero-order valence-corrected chi connectivity index (χ0v) is 12.1. The molecular weight excluding hydrogens is 252 g/mol. The van der Waals surface area contributed by atoms with Crippen LogP contribution in [0.4, 0.5) is 0 Å². The number of nitrogens with one attached hydrogen (secondary N) is 2. The largest absolute Gasteiger partial charge is 0.497 e. The molecule has 0 bridgehead atoms. The van der Waals surface area contributed by atoms with Crippen LogP contribution in [0.15, 0.2) is 36.4 Å². The molecule has 0 radical (unpaired) electrons. The lowest BCUT2D eigenvalue weighted by atomic mass is 10.0. The van der Waals surface area contributed by atoms with Gasteiger partial charge in [-0.1, -0.05) is 18.2 Å². The summed E-state index contributed by atoms with van der Waals surface area (Å²) >= 11 is 0. The summed E-state index contributed by atoms with van der Waals surface area (Å²) in [5, 5.41) is 8.11. The number of methoxy groups -OCH3 is 1. The Morgan fingerprint density at radius 2 is 1.90 bits per heavy atom. The number of carbonyl (C=O) groups is 1. The van der Waals surface area contributed by atoms with Crippen molar-refractivity contribution in [2.45, 2.75) is 13.0 Å². The van der Waals surface area contributed by atoms with E-state index >= 15 is 0 Å². The van der Waals surface area contributed by atoms with Crippen molar-refractivity contribution in [2.75, 3.05) is 20.7 Å². The van der Waals surface area contributed by atoms with Crippen LogP contribution in [0.25, 0.3) is 10.8 Å². The van der Waals surface area contributed by atoms with E-state index in [0.717, 1.165) is 22.1 Å². The average Bonchev–Trinajstić information content (AvgIpc) is 2.50. The van der Waals surface area contributed by atoms with Crippen molar-refractivity contribution >= 4 is 16.7 Å². The highest BCUT2D eigenvalue weighted by Gasteiger charge is 2.07. The third kappa shape index (κ3) is 3.27. The van der Waals surface area contributed by atoms with Crippen LogP contribution in [-0.2, 0) is 4.79 Å². The molecule has 20 heavy (non-hydrogen) atoms. The van der Waals surface area contributed by atoms with Crippen molar-refractivity contribution in [1.82, 2.24) is 10.6 Å². The maximum absolute atomic E-state index is 11.2. The number of amides is 1. The average molecular weight is 272 g/mol. The first-order valence-corrected chi connectivity index (χ1v) is 6.65. The van der Waals surface area contributed by atoms with E-state index < -0.39 is 0 Å². The lowest BCUT2D eigenvalue weighted by molar-refractivity contribution is -0.119. The summed E-state index contributed by atoms with van der Waals surface area (Å²) in [4.78, 5) is 11.2. The zero-order chi connectivity index (χ0) is 14.5. The molecule has 1 atom stereocenters. The third-order valence-electron chi connectivity index (χ3n) is 3.42. The van der Waals surface area contributed by atoms with Crippen LogP contribution in [0.2, 0.25) is 0 Å². The lowest BCUT2D eigenvalue weighted by Gasteiger charge is -2.14. The Morgan fingerprint density at radius 3 is 2.60 bits per heavy atom. The van der Waals surface area contributed by atoms with E-state index in [1.165, 1.54) is 0 Å². The second kappa shape index (κ2) is 6.39. The van der Waals surface area contributed by atoms with Crippen LogP contribution in [0.3, 0.4) is 0 Å². The molecule has 106 valence electrons. The summed E-state index contributed by atoms with van der Waals surface area (Å²) in [6.07, 6.45) is 0. The van der Waals surface area contributed by atoms with Gasteiger partial charge in [0.1, 0.15) is 5.75 Å². The number of rotatable bonds is 5. The molecule has 4 heteroatoms. The topological polar surface area (TPSA) is 50.4 Å². The van der Waals surface area contributed by atoms with Gasteiger partial charge in [-0.15, -0.1) is 0 Å². The Morgan fingerprint density at radius 1 is 1.20 bits per heavy atom. The predicted octanol–water partition coefficient (Wildman–Crippen LogP) is 2.24. The maximum atomic E-state index is 11.2. The van der Waals surface area contributed by atoms with Gasteiger partial charge in [0.2, 0.25) is 5.91 Å². The monoisotopic (exact) mass is 272 g/mol. The molecule has 0 fully saturated rings. The minimum atomic E-state index is -0.0117. The van der Waals surface area contributed by atoms with Crippen LogP contribution in [0, 0.1) is 0 Å². The van der Waals surface area contributed by atoms with Crippen molar-refractivity contribution in [1.29, 1.82) is 0 Å². The Hall–Kier alpha value is -2.07. The summed E-state index contributed by atoms with van der Waals surface area (Å²) < 4.78 is 5.22. The number of hydrogen-bond donors (Lipinski definition) is 2. The molecule has 2 aromatic carbocycles. The Kier molecular flexibility index (Phi) is 4.58. The second-order valence-corrected chi connectivity index (χ2v) is 4.75. The molecule has 0 saturated heterocycles. The van der Waals surface area contributed by atoms with Gasteiger partial charge in [-0.3, -0.25) is 4.79 Å². The van der Waals surface area contributed by atoms with Gasteiger partial charge < -0.3 is 15.4 Å². The van der Waals surface area contributed by atoms with Crippen LogP contribution >= 0.6 is 0 Å². The fraction of sp³-hybridized carbons (Fsp3) is 0.312. The van der Waals surface area contributed by atoms with Gasteiger partial charge in [0.15, 0.2) is 0 Å². The highest BCUT2D eigenvalue weighted by Crippen LogP contribution is 2.24. The summed E-state index contributed by atoms with van der Waals surface area (Å²) in [7, 11) is 3.30. The molecule has 1 amide bonds. The van der Waals surface area contributed by atoms with E-state index in [1.807, 2.05) is 25.1 Å². The van der Waals surface area contributed by atoms with E-state index in [4.69, 9.17) is 4.74 Å². The molecule has 2 aromatic rings. The van der Waals surface area contributed by atoms with Gasteiger partial charge in [-0.2, -0.15) is 0 Å². The number of ether oxygens (including phenoxy) is 1. The van der Waals surface area contributed by atoms with Crippen molar-refractivity contribution in [3.8, 4) is 5.75 Å². The minimum absolute atomic E-state index is 0.0117. The molecule has 0 aliphatic heterocycles. The molecule has 4 nitrogen and oxygen atoms in total. The summed E-state index contributed by atoms with van der Waals surface area (Å²) in [6, 6.07) is 12.4. The second-order valence-electron chi connectivity index (χ2n) is 4.75. The SMILES string of the molecule is CNC(=O)CNC(C)c1ccc2cc(OC)ccc2c1. The standard InChI is InChI=1S/C16H20N2O2/c1-11(18-10-16(19)17-2)12-4-5-14-9-15(20-3)7-6-13(14)8-12/h4-9,11,18H,10H2,1-3H3,(H,17,19). The van der Waals surface area contributed by atoms with Crippen molar-refractivity contribution in [3.63, 3.8) is 0 Å². The molecule has 0 spiro atoms. The van der Waals surface area contributed by atoms with Gasteiger partial charge in [0.05, 0.1) is 13.7 Å². The molecule has 0 aliphatic carbocycles. The fourth-order valence-corrected chi connectivity index (χ4v) is 2.09. The lowest BCUT2D eigenvalue weighted by Crippen LogP contribution is -2.32. The highest BCUT2D eigenvalue weighted by atomic mass is 16.5. The molecule has 0 heterocycles. The van der Waals surface area contributed by atoms with Crippen molar-refractivity contribution < 1.29 is 9.53 Å². The Labute approximate surface area is 119 Å². The normalized spacial score (nSPS) is 12.2. The predicted molar refractivity (Wildman–Crippen MR) is 81.0 cm³/mol. The fourth-order valence-electron chi connectivity index (χ4n) is 2.09. The van der Waals surface area contributed by atoms with E-state index in [1.54, 1.807) is 14.2 Å². The number of hydrogen-bond acceptors (Lipinski definition) is 3. The Balaban J connectivity index is 2.16. The number of carbonyl (C=O) groups excluding carboxylic acids is 1. The summed E-state index contributed by atoms with van der Waals surface area (Å²) in [6.45, 7) is 2.37. The number of benzene rings is 2. The van der Waals surface area contributed by atoms with Crippen LogP contribution in [-0.4, -0.2) is 26.6 Å². The molecule has 0 aliphatic rings. The van der Waals surface area contributed by atoms with E-state index in [9.17, 15) is 4.79 Å². The van der Waals surface area contributed by atoms with Crippen LogP contribution in [0.5, 0.6) is 5.75 Å². The zero-order valence-electron chi connectivity index (χ0n) is 12.1. The van der Waals surface area contributed by atoms with Crippen molar-refractivity contribution in [2.24, 2.45) is 0 Å². The third-order valence-corrected chi connectivity index (χ3v) is 3.42. The first-order valence-electron chi connectivity index (χ1n) is 6.65. The Bertz CT molecular complexity index is 610. The van der Waals surface area contributed by atoms with Gasteiger partial charge >= 0.3 is 0 Å². The van der Waals surface area contributed by atoms with E-state index in [0.29, 0.717) is 6.54 Å². The number of likely N-dealkylation sites (N-methyl/N-ethyl adjacent to an activating group) is 1. The summed E-state index contributed by atoms with van der Waals surface area (Å²) in [5.41, 5.74) is 1.16. The molecule has 1 unspecified atom stereocenters. The van der Waals surface area contributed by atoms with Crippen molar-refractivity contribution in [3.05, 3.63) is 42.0 Å². The molecule has 0 saturated carbocycles. The molecule has 0 aromatic heterocycles. The van der Waals surface area contributed by atoms with Crippen LogP contribution < -0.4 is 15.4 Å². The molecular formula is C16H20N2O2. The molecule has 2 rings (SSSR count). The quantitative estimate of drug-likeness (QED) is 0.877. The first kappa shape index (κ1) is 14.3. The highest BCUT2D eigenvalue weighted by molar-refractivity contribution is 5.84. The number of fused-ring (bicyclic) bond motifs is 1. The van der Waals surface area contributed by atoms with Gasteiger partial charge in [0, 0.05) is 13.1 Å². The first-order chi connectivity index (χ1) is 9.63. The minimum Gasteiger partial charge on any atom is -0.497 e. The van der Waals surface area contributed by atoms with Gasteiger partial charge in [0.25, 0.3) is 0 Å².